The van der Waals surface area contributed by atoms with Crippen LogP contribution >= 0.6 is 50.1 Å². The Morgan fingerprint density at radius 2 is 2.00 bits per heavy atom. The summed E-state index contributed by atoms with van der Waals surface area (Å²) in [6.07, 6.45) is 1.74. The van der Waals surface area contributed by atoms with E-state index < -0.39 is 0 Å². The molecule has 3 rings (SSSR count). The minimum absolute atomic E-state index is 0.0346. The van der Waals surface area contributed by atoms with Gasteiger partial charge in [0, 0.05) is 36.3 Å². The predicted octanol–water partition coefficient (Wildman–Crippen LogP) is 5.42. The molecule has 0 fully saturated rings. The van der Waals surface area contributed by atoms with Gasteiger partial charge in [0.25, 0.3) is 0 Å². The molecule has 0 aliphatic rings. The summed E-state index contributed by atoms with van der Waals surface area (Å²) < 4.78 is 1.88. The second-order valence-electron chi connectivity index (χ2n) is 4.35. The average molecular weight is 460 g/mol. The van der Waals surface area contributed by atoms with Crippen molar-refractivity contribution in [3.63, 3.8) is 0 Å². The van der Waals surface area contributed by atoms with Crippen molar-refractivity contribution in [2.45, 2.75) is 0 Å². The van der Waals surface area contributed by atoms with Crippen molar-refractivity contribution < 1.29 is 4.79 Å². The van der Waals surface area contributed by atoms with Crippen LogP contribution in [-0.4, -0.2) is 10.8 Å². The third kappa shape index (κ3) is 2.52. The van der Waals surface area contributed by atoms with Crippen LogP contribution in [0.15, 0.2) is 47.1 Å². The van der Waals surface area contributed by atoms with Crippen LogP contribution in [0.4, 0.5) is 0 Å². The number of carbonyl (C=O) groups is 1. The Balaban J connectivity index is 2.12. The summed E-state index contributed by atoms with van der Waals surface area (Å²) >= 11 is 11.7. The Labute approximate surface area is 142 Å². The molecule has 0 unspecified atom stereocenters. The molecule has 1 heterocycles. The summed E-state index contributed by atoms with van der Waals surface area (Å²) in [5.74, 6) is -0.0346. The number of halogens is 3. The molecule has 0 spiro atoms. The number of benzene rings is 2. The molecule has 2 aromatic carbocycles. The van der Waals surface area contributed by atoms with E-state index in [0.717, 1.165) is 18.9 Å². The van der Waals surface area contributed by atoms with Crippen LogP contribution < -0.4 is 0 Å². The maximum absolute atomic E-state index is 12.6. The molecule has 5 heteroatoms. The summed E-state index contributed by atoms with van der Waals surface area (Å²) in [6, 6.07) is 11.2. The van der Waals surface area contributed by atoms with Gasteiger partial charge in [0.05, 0.1) is 5.02 Å². The number of hydrogen-bond donors (Lipinski definition) is 1. The van der Waals surface area contributed by atoms with Gasteiger partial charge in [0.15, 0.2) is 5.78 Å². The highest BCUT2D eigenvalue weighted by Crippen LogP contribution is 2.26. The Morgan fingerprint density at radius 1 is 1.20 bits per heavy atom. The molecule has 100 valence electrons. The second kappa shape index (κ2) is 5.50. The van der Waals surface area contributed by atoms with Gasteiger partial charge >= 0.3 is 0 Å². The fourth-order valence-electron chi connectivity index (χ4n) is 2.07. The molecule has 0 aliphatic carbocycles. The lowest BCUT2D eigenvalue weighted by molar-refractivity contribution is 0.104. The number of carbonyl (C=O) groups excluding carboxylic acids is 1. The minimum atomic E-state index is -0.0346. The molecule has 0 saturated heterocycles. The molecule has 0 atom stereocenters. The number of fused-ring (bicyclic) bond motifs is 1. The van der Waals surface area contributed by atoms with Crippen molar-refractivity contribution in [3.8, 4) is 0 Å². The van der Waals surface area contributed by atoms with Crippen molar-refractivity contribution in [1.82, 2.24) is 4.98 Å². The monoisotopic (exact) mass is 459 g/mol. The van der Waals surface area contributed by atoms with Crippen molar-refractivity contribution >= 4 is 66.8 Å². The maximum atomic E-state index is 12.6. The van der Waals surface area contributed by atoms with Crippen LogP contribution in [-0.2, 0) is 0 Å². The molecular weight excluding hydrogens is 452 g/mol. The van der Waals surface area contributed by atoms with Gasteiger partial charge in [0.2, 0.25) is 0 Å². The molecule has 1 aromatic heterocycles. The van der Waals surface area contributed by atoms with E-state index in [1.165, 1.54) is 0 Å². The first kappa shape index (κ1) is 14.1. The zero-order chi connectivity index (χ0) is 14.3. The van der Waals surface area contributed by atoms with Crippen LogP contribution in [0, 0.1) is 3.57 Å². The SMILES string of the molecule is O=C(c1ccc(I)c(Cl)c1)c1c[nH]c2ccc(Br)cc12. The van der Waals surface area contributed by atoms with E-state index in [2.05, 4.69) is 43.5 Å². The van der Waals surface area contributed by atoms with E-state index in [1.54, 1.807) is 18.3 Å². The smallest absolute Gasteiger partial charge is 0.195 e. The first-order valence-corrected chi connectivity index (χ1v) is 8.07. The highest BCUT2D eigenvalue weighted by Gasteiger charge is 2.15. The van der Waals surface area contributed by atoms with Crippen molar-refractivity contribution in [1.29, 1.82) is 0 Å². The molecule has 0 aliphatic heterocycles. The standard InChI is InChI=1S/C15H8BrClINO/c16-9-2-4-14-10(6-9)11(7-19-14)15(20)8-1-3-13(18)12(17)5-8/h1-7,19H. The van der Waals surface area contributed by atoms with E-state index in [9.17, 15) is 4.79 Å². The van der Waals surface area contributed by atoms with Gasteiger partial charge in [-0.25, -0.2) is 0 Å². The molecule has 0 saturated carbocycles. The lowest BCUT2D eigenvalue weighted by atomic mass is 10.0. The van der Waals surface area contributed by atoms with Crippen LogP contribution in [0.5, 0.6) is 0 Å². The zero-order valence-corrected chi connectivity index (χ0v) is 14.6. The number of aromatic nitrogens is 1. The van der Waals surface area contributed by atoms with Crippen LogP contribution in [0.2, 0.25) is 5.02 Å². The second-order valence-corrected chi connectivity index (χ2v) is 6.84. The minimum Gasteiger partial charge on any atom is -0.360 e. The van der Waals surface area contributed by atoms with Gasteiger partial charge in [-0.1, -0.05) is 27.5 Å². The first-order chi connectivity index (χ1) is 9.56. The molecule has 0 amide bonds. The Hall–Kier alpha value is -0.850. The number of ketones is 1. The first-order valence-electron chi connectivity index (χ1n) is 5.82. The highest BCUT2D eigenvalue weighted by molar-refractivity contribution is 14.1. The summed E-state index contributed by atoms with van der Waals surface area (Å²) in [5, 5.41) is 1.50. The largest absolute Gasteiger partial charge is 0.360 e. The maximum Gasteiger partial charge on any atom is 0.195 e. The topological polar surface area (TPSA) is 32.9 Å². The lowest BCUT2D eigenvalue weighted by Crippen LogP contribution is -2.00. The Bertz CT molecular complexity index is 828. The van der Waals surface area contributed by atoms with E-state index >= 15 is 0 Å². The molecule has 20 heavy (non-hydrogen) atoms. The van der Waals surface area contributed by atoms with Gasteiger partial charge in [-0.3, -0.25) is 4.79 Å². The third-order valence-corrected chi connectivity index (χ3v) is 5.14. The van der Waals surface area contributed by atoms with Crippen LogP contribution in [0.3, 0.4) is 0 Å². The van der Waals surface area contributed by atoms with Crippen molar-refractivity contribution in [2.24, 2.45) is 0 Å². The summed E-state index contributed by atoms with van der Waals surface area (Å²) in [5.41, 5.74) is 2.18. The van der Waals surface area contributed by atoms with E-state index in [4.69, 9.17) is 11.6 Å². The van der Waals surface area contributed by atoms with Gasteiger partial charge in [0.1, 0.15) is 0 Å². The predicted molar refractivity (Wildman–Crippen MR) is 93.6 cm³/mol. The van der Waals surface area contributed by atoms with Gasteiger partial charge in [-0.15, -0.1) is 0 Å². The van der Waals surface area contributed by atoms with E-state index in [-0.39, 0.29) is 5.78 Å². The molecule has 2 nitrogen and oxygen atoms in total. The molecular formula is C15H8BrClINO. The van der Waals surface area contributed by atoms with Crippen molar-refractivity contribution in [2.75, 3.05) is 0 Å². The molecule has 1 N–H and O–H groups in total. The number of rotatable bonds is 2. The van der Waals surface area contributed by atoms with Crippen LogP contribution in [0.25, 0.3) is 10.9 Å². The molecule has 0 bridgehead atoms. The average Bonchev–Trinajstić information content (AvgIpc) is 2.84. The van der Waals surface area contributed by atoms with Gasteiger partial charge in [-0.05, 0) is 59.0 Å². The third-order valence-electron chi connectivity index (χ3n) is 3.07. The Morgan fingerprint density at radius 3 is 2.75 bits per heavy atom. The zero-order valence-electron chi connectivity index (χ0n) is 10.1. The molecule has 0 radical (unpaired) electrons. The van der Waals surface area contributed by atoms with Crippen molar-refractivity contribution in [3.05, 3.63) is 66.8 Å². The summed E-state index contributed by atoms with van der Waals surface area (Å²) in [6.45, 7) is 0. The number of hydrogen-bond acceptors (Lipinski definition) is 1. The Kier molecular flexibility index (Phi) is 3.88. The summed E-state index contributed by atoms with van der Waals surface area (Å²) in [4.78, 5) is 15.7. The molecule has 3 aromatic rings. The quantitative estimate of drug-likeness (QED) is 0.402. The number of H-pyrrole nitrogens is 1. The fraction of sp³-hybridized carbons (Fsp3) is 0. The fourth-order valence-corrected chi connectivity index (χ4v) is 2.95. The van der Waals surface area contributed by atoms with Gasteiger partial charge < -0.3 is 4.98 Å². The van der Waals surface area contributed by atoms with E-state index in [0.29, 0.717) is 16.1 Å². The van der Waals surface area contributed by atoms with Gasteiger partial charge in [-0.2, -0.15) is 0 Å². The van der Waals surface area contributed by atoms with E-state index in [1.807, 2.05) is 24.3 Å². The number of aromatic amines is 1. The summed E-state index contributed by atoms with van der Waals surface area (Å²) in [7, 11) is 0. The normalized spacial score (nSPS) is 10.9. The van der Waals surface area contributed by atoms with Crippen LogP contribution in [0.1, 0.15) is 15.9 Å². The number of nitrogens with one attached hydrogen (secondary N) is 1. The lowest BCUT2D eigenvalue weighted by Gasteiger charge is -2.02. The highest BCUT2D eigenvalue weighted by atomic mass is 127.